The zero-order chi connectivity index (χ0) is 30.0. The van der Waals surface area contributed by atoms with Gasteiger partial charge in [0, 0.05) is 12.6 Å². The molecule has 0 fully saturated rings. The summed E-state index contributed by atoms with van der Waals surface area (Å²) in [6.45, 7) is 7.43. The van der Waals surface area contributed by atoms with Crippen molar-refractivity contribution in [2.24, 2.45) is 0 Å². The molecule has 0 aliphatic carbocycles. The van der Waals surface area contributed by atoms with Crippen LogP contribution in [0.5, 0.6) is 11.5 Å². The Bertz CT molecular complexity index is 1380. The number of carbonyl (C=O) groups excluding carboxylic acids is 2. The fraction of sp³-hybridized carbons (Fsp3) is 0.355. The molecule has 3 aromatic rings. The Hall–Kier alpha value is -4.05. The van der Waals surface area contributed by atoms with Gasteiger partial charge in [0.1, 0.15) is 24.1 Å². The predicted octanol–water partition coefficient (Wildman–Crippen LogP) is 4.62. The number of hydrogen-bond donors (Lipinski definition) is 1. The van der Waals surface area contributed by atoms with Crippen molar-refractivity contribution in [2.75, 3.05) is 24.6 Å². The van der Waals surface area contributed by atoms with Gasteiger partial charge in [-0.2, -0.15) is 0 Å². The third-order valence-electron chi connectivity index (χ3n) is 6.37. The molecular formula is C31H39N3O6S. The number of hydrogen-bond acceptors (Lipinski definition) is 6. The molecule has 9 nitrogen and oxygen atoms in total. The van der Waals surface area contributed by atoms with Gasteiger partial charge in [0.05, 0.1) is 24.3 Å². The predicted molar refractivity (Wildman–Crippen MR) is 159 cm³/mol. The van der Waals surface area contributed by atoms with Gasteiger partial charge in [0.15, 0.2) is 0 Å². The van der Waals surface area contributed by atoms with Crippen LogP contribution >= 0.6 is 0 Å². The summed E-state index contributed by atoms with van der Waals surface area (Å²) in [7, 11) is -2.57. The fourth-order valence-corrected chi connectivity index (χ4v) is 5.79. The van der Waals surface area contributed by atoms with E-state index in [1.54, 1.807) is 61.7 Å². The molecule has 0 saturated heterocycles. The molecule has 220 valence electrons. The molecule has 0 unspecified atom stereocenters. The second-order valence-electron chi connectivity index (χ2n) is 9.71. The lowest BCUT2D eigenvalue weighted by atomic mass is 10.1. The molecule has 0 radical (unpaired) electrons. The van der Waals surface area contributed by atoms with Crippen molar-refractivity contribution in [1.29, 1.82) is 0 Å². The molecule has 0 heterocycles. The first-order chi connectivity index (χ1) is 19.6. The second kappa shape index (κ2) is 14.5. The van der Waals surface area contributed by atoms with Crippen LogP contribution in [-0.4, -0.2) is 57.5 Å². The number of anilines is 1. The second-order valence-corrected chi connectivity index (χ2v) is 11.6. The maximum absolute atomic E-state index is 14.1. The summed E-state index contributed by atoms with van der Waals surface area (Å²) in [6.07, 6.45) is 0.342. The number of ether oxygens (including phenoxy) is 2. The highest BCUT2D eigenvalue weighted by atomic mass is 32.2. The van der Waals surface area contributed by atoms with Crippen LogP contribution in [0.3, 0.4) is 0 Å². The first-order valence-corrected chi connectivity index (χ1v) is 15.1. The van der Waals surface area contributed by atoms with E-state index in [9.17, 15) is 18.0 Å². The van der Waals surface area contributed by atoms with E-state index in [-0.39, 0.29) is 23.4 Å². The lowest BCUT2D eigenvalue weighted by Gasteiger charge is -2.33. The molecule has 41 heavy (non-hydrogen) atoms. The molecule has 0 spiro atoms. The summed E-state index contributed by atoms with van der Waals surface area (Å²) in [6, 6.07) is 20.7. The normalized spacial score (nSPS) is 12.0. The quantitative estimate of drug-likeness (QED) is 0.298. The van der Waals surface area contributed by atoms with E-state index in [2.05, 4.69) is 5.32 Å². The Morgan fingerprint density at radius 2 is 1.49 bits per heavy atom. The summed E-state index contributed by atoms with van der Waals surface area (Å²) < 4.78 is 39.6. The lowest BCUT2D eigenvalue weighted by Crippen LogP contribution is -2.53. The summed E-state index contributed by atoms with van der Waals surface area (Å²) in [5.41, 5.74) is 1.07. The average molecular weight is 582 g/mol. The van der Waals surface area contributed by atoms with E-state index < -0.39 is 28.5 Å². The zero-order valence-corrected chi connectivity index (χ0v) is 25.1. The Labute approximate surface area is 243 Å². The van der Waals surface area contributed by atoms with E-state index in [4.69, 9.17) is 9.47 Å². The number of rotatable bonds is 14. The highest BCUT2D eigenvalue weighted by molar-refractivity contribution is 7.92. The molecule has 1 N–H and O–H groups in total. The minimum Gasteiger partial charge on any atom is -0.497 e. The third-order valence-corrected chi connectivity index (χ3v) is 8.16. The maximum Gasteiger partial charge on any atom is 0.264 e. The van der Waals surface area contributed by atoms with Gasteiger partial charge < -0.3 is 19.7 Å². The van der Waals surface area contributed by atoms with Crippen molar-refractivity contribution in [3.05, 3.63) is 84.4 Å². The van der Waals surface area contributed by atoms with Crippen LogP contribution in [0.1, 0.15) is 39.7 Å². The lowest BCUT2D eigenvalue weighted by molar-refractivity contribution is -0.140. The van der Waals surface area contributed by atoms with Crippen LogP contribution in [-0.2, 0) is 26.2 Å². The zero-order valence-electron chi connectivity index (χ0n) is 24.2. The topological polar surface area (TPSA) is 105 Å². The number of nitrogens with zero attached hydrogens (tertiary/aromatic N) is 2. The van der Waals surface area contributed by atoms with Crippen LogP contribution in [0.2, 0.25) is 0 Å². The fourth-order valence-electron chi connectivity index (χ4n) is 4.35. The number of amides is 2. The molecule has 3 aromatic carbocycles. The molecule has 0 aromatic heterocycles. The first kappa shape index (κ1) is 31.5. The van der Waals surface area contributed by atoms with Crippen molar-refractivity contribution in [3.63, 3.8) is 0 Å². The largest absolute Gasteiger partial charge is 0.497 e. The standard InChI is InChI=1S/C31H39N3O6S/c1-6-29(31(36)32-23(3)4)33(21-24-13-17-26(39-5)18-14-24)30(35)22-34(25-15-19-27(20-16-25)40-7-2)41(37,38)28-11-9-8-10-12-28/h8-20,23,29H,6-7,21-22H2,1-5H3,(H,32,36)/t29-/m1/s1. The van der Waals surface area contributed by atoms with Crippen molar-refractivity contribution in [3.8, 4) is 11.5 Å². The first-order valence-electron chi connectivity index (χ1n) is 13.6. The Morgan fingerprint density at radius 1 is 0.878 bits per heavy atom. The number of methoxy groups -OCH3 is 1. The third kappa shape index (κ3) is 8.23. The summed E-state index contributed by atoms with van der Waals surface area (Å²) in [5.74, 6) is 0.423. The van der Waals surface area contributed by atoms with E-state index in [0.29, 0.717) is 30.2 Å². The summed E-state index contributed by atoms with van der Waals surface area (Å²) in [5, 5.41) is 2.89. The van der Waals surface area contributed by atoms with Gasteiger partial charge >= 0.3 is 0 Å². The minimum absolute atomic E-state index is 0.0491. The van der Waals surface area contributed by atoms with Crippen LogP contribution < -0.4 is 19.1 Å². The molecule has 0 aliphatic rings. The van der Waals surface area contributed by atoms with Gasteiger partial charge in [0.25, 0.3) is 10.0 Å². The number of sulfonamides is 1. The van der Waals surface area contributed by atoms with Crippen molar-refractivity contribution < 1.29 is 27.5 Å². The molecule has 0 saturated carbocycles. The highest BCUT2D eigenvalue weighted by Gasteiger charge is 2.33. The van der Waals surface area contributed by atoms with Gasteiger partial charge in [-0.25, -0.2) is 8.42 Å². The molecule has 0 aliphatic heterocycles. The Balaban J connectivity index is 2.04. The van der Waals surface area contributed by atoms with Crippen molar-refractivity contribution in [1.82, 2.24) is 10.2 Å². The van der Waals surface area contributed by atoms with Gasteiger partial charge in [0.2, 0.25) is 11.8 Å². The van der Waals surface area contributed by atoms with Crippen LogP contribution in [0, 0.1) is 0 Å². The maximum atomic E-state index is 14.1. The van der Waals surface area contributed by atoms with Gasteiger partial charge in [-0.15, -0.1) is 0 Å². The van der Waals surface area contributed by atoms with Crippen molar-refractivity contribution in [2.45, 2.75) is 57.6 Å². The number of nitrogens with one attached hydrogen (secondary N) is 1. The van der Waals surface area contributed by atoms with Crippen LogP contribution in [0.25, 0.3) is 0 Å². The van der Waals surface area contributed by atoms with Gasteiger partial charge in [-0.3, -0.25) is 13.9 Å². The van der Waals surface area contributed by atoms with Gasteiger partial charge in [-0.05, 0) is 81.3 Å². The smallest absolute Gasteiger partial charge is 0.264 e. The van der Waals surface area contributed by atoms with E-state index in [0.717, 1.165) is 9.87 Å². The van der Waals surface area contributed by atoms with E-state index in [1.807, 2.05) is 39.8 Å². The SMILES string of the molecule is CCOc1ccc(N(CC(=O)N(Cc2ccc(OC)cc2)[C@H](CC)C(=O)NC(C)C)S(=O)(=O)c2ccccc2)cc1. The minimum atomic E-state index is -4.13. The average Bonchev–Trinajstić information content (AvgIpc) is 2.96. The van der Waals surface area contributed by atoms with E-state index >= 15 is 0 Å². The Morgan fingerprint density at radius 3 is 2.02 bits per heavy atom. The van der Waals surface area contributed by atoms with E-state index in [1.165, 1.54) is 17.0 Å². The summed E-state index contributed by atoms with van der Waals surface area (Å²) >= 11 is 0. The molecule has 2 amide bonds. The molecule has 3 rings (SSSR count). The molecule has 0 bridgehead atoms. The highest BCUT2D eigenvalue weighted by Crippen LogP contribution is 2.27. The Kier molecular flexibility index (Phi) is 11.2. The van der Waals surface area contributed by atoms with Gasteiger partial charge in [-0.1, -0.05) is 37.3 Å². The molecular weight excluding hydrogens is 542 g/mol. The molecule has 1 atom stereocenters. The van der Waals surface area contributed by atoms with Crippen LogP contribution in [0.4, 0.5) is 5.69 Å². The number of carbonyl (C=O) groups is 2. The number of benzene rings is 3. The molecule has 10 heteroatoms. The summed E-state index contributed by atoms with van der Waals surface area (Å²) in [4.78, 5) is 28.8. The monoisotopic (exact) mass is 581 g/mol. The van der Waals surface area contributed by atoms with Crippen molar-refractivity contribution >= 4 is 27.5 Å². The van der Waals surface area contributed by atoms with Crippen LogP contribution in [0.15, 0.2) is 83.8 Å².